The van der Waals surface area contributed by atoms with Gasteiger partial charge in [-0.1, -0.05) is 13.3 Å². The Morgan fingerprint density at radius 3 is 2.93 bits per heavy atom. The van der Waals surface area contributed by atoms with Gasteiger partial charge < -0.3 is 10.3 Å². The molecule has 140 valence electrons. The van der Waals surface area contributed by atoms with Crippen LogP contribution in [0.1, 0.15) is 43.6 Å². The number of H-pyrrole nitrogens is 1. The summed E-state index contributed by atoms with van der Waals surface area (Å²) in [5.41, 5.74) is 2.93. The predicted molar refractivity (Wildman–Crippen MR) is 103 cm³/mol. The number of aromatic amines is 1. The van der Waals surface area contributed by atoms with E-state index in [0.29, 0.717) is 23.3 Å². The fourth-order valence-electron chi connectivity index (χ4n) is 4.32. The molecule has 5 rings (SSSR count). The highest BCUT2D eigenvalue weighted by molar-refractivity contribution is 5.74. The van der Waals surface area contributed by atoms with Crippen LogP contribution in [0.5, 0.6) is 0 Å². The van der Waals surface area contributed by atoms with Crippen molar-refractivity contribution in [2.75, 3.05) is 5.32 Å². The molecule has 1 fully saturated rings. The van der Waals surface area contributed by atoms with Crippen LogP contribution in [0.25, 0.3) is 16.8 Å². The third-order valence-electron chi connectivity index (χ3n) is 5.64. The summed E-state index contributed by atoms with van der Waals surface area (Å²) in [7, 11) is 0. The van der Waals surface area contributed by atoms with E-state index in [9.17, 15) is 0 Å². The lowest BCUT2D eigenvalue weighted by atomic mass is 9.93. The first-order chi connectivity index (χ1) is 13.8. The largest absolute Gasteiger partial charge is 0.366 e. The van der Waals surface area contributed by atoms with Gasteiger partial charge in [0.2, 0.25) is 0 Å². The molecule has 9 nitrogen and oxygen atoms in total. The quantitative estimate of drug-likeness (QED) is 0.564. The number of fused-ring (bicyclic) bond motifs is 3. The molecule has 1 saturated carbocycles. The summed E-state index contributed by atoms with van der Waals surface area (Å²) < 4.78 is 2.12. The van der Waals surface area contributed by atoms with Crippen molar-refractivity contribution in [1.29, 1.82) is 5.26 Å². The average Bonchev–Trinajstić information content (AvgIpc) is 3.45. The molecule has 4 heterocycles. The molecule has 0 aromatic carbocycles. The van der Waals surface area contributed by atoms with Crippen LogP contribution in [0.2, 0.25) is 0 Å². The van der Waals surface area contributed by atoms with Gasteiger partial charge in [-0.25, -0.2) is 15.0 Å². The monoisotopic (exact) mass is 373 g/mol. The van der Waals surface area contributed by atoms with Crippen LogP contribution >= 0.6 is 0 Å². The Balaban J connectivity index is 1.46. The molecule has 2 N–H and O–H groups in total. The van der Waals surface area contributed by atoms with Crippen LogP contribution in [-0.4, -0.2) is 40.6 Å². The van der Waals surface area contributed by atoms with E-state index in [1.165, 1.54) is 6.20 Å². The lowest BCUT2D eigenvalue weighted by Gasteiger charge is -2.15. The SMILES string of the molecule is CCC1C[C@@H](Nc2cnc(C#N)cn2)C[C@@H]1c1nnc2cnc3[nH]ccc3n12. The molecule has 28 heavy (non-hydrogen) atoms. The lowest BCUT2D eigenvalue weighted by molar-refractivity contribution is 0.451. The number of anilines is 1. The van der Waals surface area contributed by atoms with Crippen molar-refractivity contribution in [3.05, 3.63) is 42.4 Å². The second-order valence-corrected chi connectivity index (χ2v) is 7.21. The zero-order chi connectivity index (χ0) is 19.1. The van der Waals surface area contributed by atoms with Crippen molar-refractivity contribution in [2.24, 2.45) is 5.92 Å². The summed E-state index contributed by atoms with van der Waals surface area (Å²) in [6, 6.07) is 4.28. The van der Waals surface area contributed by atoms with E-state index >= 15 is 0 Å². The molecule has 9 heteroatoms. The summed E-state index contributed by atoms with van der Waals surface area (Å²) >= 11 is 0. The molecule has 0 bridgehead atoms. The zero-order valence-corrected chi connectivity index (χ0v) is 15.4. The van der Waals surface area contributed by atoms with E-state index in [0.717, 1.165) is 41.9 Å². The third-order valence-corrected chi connectivity index (χ3v) is 5.64. The van der Waals surface area contributed by atoms with Gasteiger partial charge in [-0.2, -0.15) is 5.26 Å². The van der Waals surface area contributed by atoms with Gasteiger partial charge in [0.1, 0.15) is 17.7 Å². The summed E-state index contributed by atoms with van der Waals surface area (Å²) in [5.74, 6) is 2.48. The second kappa shape index (κ2) is 6.56. The number of nitriles is 1. The fourth-order valence-corrected chi connectivity index (χ4v) is 4.32. The number of rotatable bonds is 4. The number of nitrogens with zero attached hydrogens (tertiary/aromatic N) is 7. The number of hydrogen-bond acceptors (Lipinski definition) is 7. The Hall–Kier alpha value is -3.54. The van der Waals surface area contributed by atoms with Crippen LogP contribution in [-0.2, 0) is 0 Å². The molecule has 0 aliphatic heterocycles. The Morgan fingerprint density at radius 2 is 2.14 bits per heavy atom. The minimum absolute atomic E-state index is 0.271. The third kappa shape index (κ3) is 2.65. The van der Waals surface area contributed by atoms with Gasteiger partial charge in [0.15, 0.2) is 17.0 Å². The summed E-state index contributed by atoms with van der Waals surface area (Å²) in [6.07, 6.45) is 9.79. The maximum absolute atomic E-state index is 8.87. The normalized spacial score (nSPS) is 21.9. The molecule has 1 unspecified atom stereocenters. The lowest BCUT2D eigenvalue weighted by Crippen LogP contribution is -2.17. The van der Waals surface area contributed by atoms with Crippen LogP contribution in [0, 0.1) is 17.2 Å². The Kier molecular flexibility index (Phi) is 3.90. The van der Waals surface area contributed by atoms with Gasteiger partial charge in [0, 0.05) is 18.2 Å². The van der Waals surface area contributed by atoms with Gasteiger partial charge in [0.25, 0.3) is 0 Å². The highest BCUT2D eigenvalue weighted by Crippen LogP contribution is 2.42. The molecular weight excluding hydrogens is 354 g/mol. The molecular formula is C19H19N9. The summed E-state index contributed by atoms with van der Waals surface area (Å²) in [4.78, 5) is 15.9. The highest BCUT2D eigenvalue weighted by Gasteiger charge is 2.37. The van der Waals surface area contributed by atoms with Gasteiger partial charge >= 0.3 is 0 Å². The Labute approximate surface area is 160 Å². The fraction of sp³-hybridized carbons (Fsp3) is 0.368. The van der Waals surface area contributed by atoms with E-state index in [1.807, 2.05) is 18.3 Å². The second-order valence-electron chi connectivity index (χ2n) is 7.21. The van der Waals surface area contributed by atoms with Crippen molar-refractivity contribution in [3.8, 4) is 6.07 Å². The van der Waals surface area contributed by atoms with Crippen LogP contribution in [0.3, 0.4) is 0 Å². The molecule has 3 atom stereocenters. The van der Waals surface area contributed by atoms with E-state index in [4.69, 9.17) is 5.26 Å². The molecule has 0 amide bonds. The standard InChI is InChI=1S/C19H19N9/c1-2-11-5-12(25-16-9-22-13(7-20)8-23-16)6-14(11)19-27-26-17-10-24-18-15(28(17)19)3-4-21-18/h3-4,8-12,14,21H,2,5-6H2,1H3,(H,23,25)/t11?,12-,14+/m1/s1. The van der Waals surface area contributed by atoms with Crippen molar-refractivity contribution >= 4 is 22.6 Å². The minimum atomic E-state index is 0.271. The smallest absolute Gasteiger partial charge is 0.179 e. The van der Waals surface area contributed by atoms with E-state index < -0.39 is 0 Å². The maximum Gasteiger partial charge on any atom is 0.179 e. The Morgan fingerprint density at radius 1 is 1.21 bits per heavy atom. The number of hydrogen-bond donors (Lipinski definition) is 2. The van der Waals surface area contributed by atoms with E-state index in [-0.39, 0.29) is 6.04 Å². The molecule has 4 aromatic heterocycles. The first-order valence-corrected chi connectivity index (χ1v) is 9.42. The molecule has 0 radical (unpaired) electrons. The number of aromatic nitrogens is 7. The topological polar surface area (TPSA) is 120 Å². The van der Waals surface area contributed by atoms with Crippen molar-refractivity contribution in [1.82, 2.24) is 34.5 Å². The molecule has 0 saturated heterocycles. The first kappa shape index (κ1) is 16.6. The average molecular weight is 373 g/mol. The number of nitrogens with one attached hydrogen (secondary N) is 2. The summed E-state index contributed by atoms with van der Waals surface area (Å²) in [6.45, 7) is 2.22. The van der Waals surface area contributed by atoms with Crippen LogP contribution in [0.4, 0.5) is 5.82 Å². The van der Waals surface area contributed by atoms with E-state index in [1.54, 1.807) is 12.4 Å². The Bertz CT molecular complexity index is 1170. The van der Waals surface area contributed by atoms with Gasteiger partial charge in [-0.15, -0.1) is 10.2 Å². The summed E-state index contributed by atoms with van der Waals surface area (Å²) in [5, 5.41) is 21.2. The predicted octanol–water partition coefficient (Wildman–Crippen LogP) is 2.65. The highest BCUT2D eigenvalue weighted by atomic mass is 15.3. The molecule has 4 aromatic rings. The molecule has 1 aliphatic carbocycles. The first-order valence-electron chi connectivity index (χ1n) is 9.42. The van der Waals surface area contributed by atoms with Crippen molar-refractivity contribution < 1.29 is 0 Å². The minimum Gasteiger partial charge on any atom is -0.366 e. The molecule has 1 aliphatic rings. The van der Waals surface area contributed by atoms with Crippen molar-refractivity contribution in [2.45, 2.75) is 38.1 Å². The van der Waals surface area contributed by atoms with Crippen LogP contribution in [0.15, 0.2) is 30.9 Å². The molecule has 0 spiro atoms. The van der Waals surface area contributed by atoms with Gasteiger partial charge in [-0.05, 0) is 24.8 Å². The van der Waals surface area contributed by atoms with Crippen LogP contribution < -0.4 is 5.32 Å². The van der Waals surface area contributed by atoms with Gasteiger partial charge in [0.05, 0.1) is 24.1 Å². The maximum atomic E-state index is 8.87. The van der Waals surface area contributed by atoms with Crippen molar-refractivity contribution in [3.63, 3.8) is 0 Å². The zero-order valence-electron chi connectivity index (χ0n) is 15.4. The van der Waals surface area contributed by atoms with Gasteiger partial charge in [-0.3, -0.25) is 4.40 Å². The van der Waals surface area contributed by atoms with E-state index in [2.05, 4.69) is 46.8 Å².